The van der Waals surface area contributed by atoms with Gasteiger partial charge in [-0.05, 0) is 28.3 Å². The second-order valence-corrected chi connectivity index (χ2v) is 9.76. The average Bonchev–Trinajstić information content (AvgIpc) is 2.98. The summed E-state index contributed by atoms with van der Waals surface area (Å²) < 4.78 is 12.6. The molecule has 3 saturated heterocycles. The maximum Gasteiger partial charge on any atom is 0.348 e. The number of likely N-dealkylation sites (N-methyl/N-ethyl adjacent to an activating group) is 1. The number of ether oxygens (including phenoxy) is 2. The van der Waals surface area contributed by atoms with Crippen molar-refractivity contribution in [3.05, 3.63) is 44.8 Å². The molecule has 0 aliphatic carbocycles. The molecule has 2 aromatic heterocycles. The first-order valence-electron chi connectivity index (χ1n) is 8.91. The van der Waals surface area contributed by atoms with Crippen LogP contribution < -0.4 is 17.0 Å². The Balaban J connectivity index is 0.00000180. The van der Waals surface area contributed by atoms with Crippen LogP contribution in [-0.2, 0) is 19.9 Å². The quantitative estimate of drug-likeness (QED) is 0.365. The smallest absolute Gasteiger partial charge is 0.348 e. The predicted molar refractivity (Wildman–Crippen MR) is 99.1 cm³/mol. The van der Waals surface area contributed by atoms with Crippen molar-refractivity contribution in [1.82, 2.24) is 0 Å². The summed E-state index contributed by atoms with van der Waals surface area (Å²) in [5, 5.41) is 16.9. The summed E-state index contributed by atoms with van der Waals surface area (Å²) in [5.74, 6) is -0.565. The Labute approximate surface area is 176 Å². The molecule has 5 unspecified atom stereocenters. The van der Waals surface area contributed by atoms with E-state index in [9.17, 15) is 9.90 Å². The number of esters is 1. The number of hydrogen-bond donors (Lipinski definition) is 1. The van der Waals surface area contributed by atoms with E-state index >= 15 is 0 Å². The topological polar surface area (TPSA) is 59.1 Å². The van der Waals surface area contributed by atoms with E-state index in [1.807, 2.05) is 22.2 Å². The van der Waals surface area contributed by atoms with Gasteiger partial charge < -0.3 is 36.0 Å². The fourth-order valence-electron chi connectivity index (χ4n) is 4.85. The van der Waals surface area contributed by atoms with Crippen LogP contribution in [0.2, 0.25) is 0 Å². The SMILES string of the molecule is C[N+]1(C)C2CC(OC(=O)C(O)(c3ccsc3)c3cccs3)CC1C1OC12.[Br-]. The molecule has 5 rings (SSSR count). The molecule has 1 N–H and O–H groups in total. The third-order valence-electron chi connectivity index (χ3n) is 6.42. The number of nitrogens with zero attached hydrogens (tertiary/aromatic N) is 1. The lowest BCUT2D eigenvalue weighted by Gasteiger charge is -2.45. The molecule has 8 heteroatoms. The van der Waals surface area contributed by atoms with Crippen LogP contribution in [0, 0.1) is 0 Å². The monoisotopic (exact) mass is 471 g/mol. The van der Waals surface area contributed by atoms with Crippen molar-refractivity contribution in [2.75, 3.05) is 14.1 Å². The van der Waals surface area contributed by atoms with Crippen molar-refractivity contribution in [1.29, 1.82) is 0 Å². The molecule has 3 fully saturated rings. The Morgan fingerprint density at radius 2 is 1.96 bits per heavy atom. The normalized spacial score (nSPS) is 34.9. The lowest BCUT2D eigenvalue weighted by atomic mass is 9.93. The Bertz CT molecular complexity index is 769. The molecule has 5 nitrogen and oxygen atoms in total. The molecule has 0 radical (unpaired) electrons. The van der Waals surface area contributed by atoms with Crippen LogP contribution in [0.4, 0.5) is 0 Å². The van der Waals surface area contributed by atoms with Gasteiger partial charge in [-0.15, -0.1) is 11.3 Å². The van der Waals surface area contributed by atoms with Gasteiger partial charge >= 0.3 is 5.97 Å². The highest BCUT2D eigenvalue weighted by Crippen LogP contribution is 2.52. The highest BCUT2D eigenvalue weighted by molar-refractivity contribution is 7.10. The van der Waals surface area contributed by atoms with E-state index in [2.05, 4.69) is 14.1 Å². The van der Waals surface area contributed by atoms with E-state index in [1.54, 1.807) is 12.1 Å². The molecule has 0 saturated carbocycles. The Morgan fingerprint density at radius 1 is 1.26 bits per heavy atom. The minimum Gasteiger partial charge on any atom is -1.00 e. The van der Waals surface area contributed by atoms with Crippen molar-refractivity contribution >= 4 is 28.6 Å². The van der Waals surface area contributed by atoms with Crippen molar-refractivity contribution < 1.29 is 40.8 Å². The number of morpholine rings is 1. The van der Waals surface area contributed by atoms with Crippen molar-refractivity contribution in [2.24, 2.45) is 0 Å². The number of aliphatic hydroxyl groups is 1. The van der Waals surface area contributed by atoms with Gasteiger partial charge in [0.2, 0.25) is 5.60 Å². The summed E-state index contributed by atoms with van der Waals surface area (Å²) in [7, 11) is 4.49. The van der Waals surface area contributed by atoms with Crippen LogP contribution in [0.25, 0.3) is 0 Å². The number of halogens is 1. The van der Waals surface area contributed by atoms with E-state index in [0.29, 0.717) is 34.7 Å². The highest BCUT2D eigenvalue weighted by Gasteiger charge is 2.71. The molecule has 5 atom stereocenters. The molecular weight excluding hydrogens is 450 g/mol. The second-order valence-electron chi connectivity index (χ2n) is 8.03. The van der Waals surface area contributed by atoms with Crippen LogP contribution in [0.15, 0.2) is 34.3 Å². The number of quaternary nitrogens is 1. The lowest BCUT2D eigenvalue weighted by molar-refractivity contribution is -0.938. The van der Waals surface area contributed by atoms with Crippen LogP contribution in [0.3, 0.4) is 0 Å². The summed E-state index contributed by atoms with van der Waals surface area (Å²) >= 11 is 2.83. The third kappa shape index (κ3) is 2.84. The zero-order chi connectivity index (χ0) is 18.1. The summed E-state index contributed by atoms with van der Waals surface area (Å²) in [6.07, 6.45) is 2.05. The van der Waals surface area contributed by atoms with Gasteiger partial charge in [0, 0.05) is 18.4 Å². The Morgan fingerprint density at radius 3 is 2.52 bits per heavy atom. The number of epoxide rings is 1. The summed E-state index contributed by atoms with van der Waals surface area (Å²) in [4.78, 5) is 13.7. The fourth-order valence-corrected chi connectivity index (χ4v) is 6.39. The molecule has 2 aromatic rings. The van der Waals surface area contributed by atoms with Gasteiger partial charge in [-0.25, -0.2) is 4.79 Å². The fraction of sp³-hybridized carbons (Fsp3) is 0.526. The van der Waals surface area contributed by atoms with Gasteiger partial charge in [0.1, 0.15) is 30.4 Å². The maximum atomic E-state index is 13.1. The first-order valence-corrected chi connectivity index (χ1v) is 10.7. The van der Waals surface area contributed by atoms with Crippen molar-refractivity contribution in [2.45, 2.75) is 48.8 Å². The van der Waals surface area contributed by atoms with Crippen molar-refractivity contribution in [3.8, 4) is 0 Å². The second kappa shape index (κ2) is 6.64. The van der Waals surface area contributed by atoms with E-state index in [4.69, 9.17) is 9.47 Å². The van der Waals surface area contributed by atoms with E-state index in [-0.39, 0.29) is 23.1 Å². The van der Waals surface area contributed by atoms with Gasteiger partial charge in [-0.1, -0.05) is 6.07 Å². The standard InChI is InChI=1S/C19H22NO4S2.BrH/c1-20(2)13-8-12(9-14(20)17-16(13)24-17)23-18(21)19(22,11-5-7-25-10-11)15-4-3-6-26-15;/h3-7,10,12-14,16-17,22H,8-9H2,1-2H3;1H/q+1;/p-1. The number of rotatable bonds is 4. The molecule has 2 bridgehead atoms. The molecule has 5 heterocycles. The molecule has 0 aromatic carbocycles. The van der Waals surface area contributed by atoms with Crippen LogP contribution in [-0.4, -0.2) is 60.0 Å². The number of hydrogen-bond acceptors (Lipinski definition) is 6. The first-order chi connectivity index (χ1) is 12.4. The molecule has 27 heavy (non-hydrogen) atoms. The highest BCUT2D eigenvalue weighted by atomic mass is 79.9. The molecular formula is C19H22BrNO4S2. The van der Waals surface area contributed by atoms with Gasteiger partial charge in [0.25, 0.3) is 0 Å². The zero-order valence-electron chi connectivity index (χ0n) is 15.1. The number of thiophene rings is 2. The summed E-state index contributed by atoms with van der Waals surface area (Å²) in [6.45, 7) is 0. The Kier molecular flexibility index (Phi) is 4.81. The molecule has 3 aliphatic rings. The van der Waals surface area contributed by atoms with Crippen molar-refractivity contribution in [3.63, 3.8) is 0 Å². The molecule has 0 amide bonds. The zero-order valence-corrected chi connectivity index (χ0v) is 18.3. The number of carbonyl (C=O) groups excluding carboxylic acids is 1. The molecule has 146 valence electrons. The third-order valence-corrected chi connectivity index (χ3v) is 8.09. The largest absolute Gasteiger partial charge is 1.00 e. The van der Waals surface area contributed by atoms with Gasteiger partial charge in [-0.3, -0.25) is 0 Å². The molecule has 0 spiro atoms. The van der Waals surface area contributed by atoms with Crippen LogP contribution >= 0.6 is 22.7 Å². The van der Waals surface area contributed by atoms with E-state index in [1.165, 1.54) is 22.7 Å². The summed E-state index contributed by atoms with van der Waals surface area (Å²) in [5.41, 5.74) is -1.15. The van der Waals surface area contributed by atoms with Gasteiger partial charge in [0.15, 0.2) is 0 Å². The lowest BCUT2D eigenvalue weighted by Crippen LogP contribution is -3.00. The minimum atomic E-state index is -1.73. The van der Waals surface area contributed by atoms with E-state index in [0.717, 1.165) is 17.3 Å². The summed E-state index contributed by atoms with van der Waals surface area (Å²) in [6, 6.07) is 6.16. The maximum absolute atomic E-state index is 13.1. The molecule has 3 aliphatic heterocycles. The van der Waals surface area contributed by atoms with Crippen LogP contribution in [0.1, 0.15) is 23.3 Å². The number of carbonyl (C=O) groups is 1. The first kappa shape index (κ1) is 19.5. The van der Waals surface area contributed by atoms with Gasteiger partial charge in [-0.2, -0.15) is 11.3 Å². The Hall–Kier alpha value is -0.770. The minimum absolute atomic E-state index is 0. The van der Waals surface area contributed by atoms with Crippen LogP contribution in [0.5, 0.6) is 0 Å². The van der Waals surface area contributed by atoms with Gasteiger partial charge in [0.05, 0.1) is 19.0 Å². The number of fused-ring (bicyclic) bond motifs is 5. The average molecular weight is 472 g/mol. The predicted octanol–water partition coefficient (Wildman–Crippen LogP) is -0.650. The number of piperidine rings is 1. The van der Waals surface area contributed by atoms with E-state index < -0.39 is 11.6 Å².